The van der Waals surface area contributed by atoms with E-state index in [4.69, 9.17) is 4.74 Å². The van der Waals surface area contributed by atoms with Crippen molar-refractivity contribution in [2.75, 3.05) is 0 Å². The zero-order chi connectivity index (χ0) is 15.7. The second kappa shape index (κ2) is 5.68. The molecule has 0 atom stereocenters. The van der Waals surface area contributed by atoms with Crippen LogP contribution in [0.4, 0.5) is 0 Å². The minimum atomic E-state index is -1.83. The Balaban J connectivity index is 2.10. The van der Waals surface area contributed by atoms with Crippen LogP contribution >= 0.6 is 7.26 Å². The van der Waals surface area contributed by atoms with E-state index in [2.05, 4.69) is 91.6 Å². The van der Waals surface area contributed by atoms with E-state index >= 15 is 0 Å². The van der Waals surface area contributed by atoms with Gasteiger partial charge >= 0.3 is 0 Å². The second-order valence-corrected chi connectivity index (χ2v) is 8.92. The van der Waals surface area contributed by atoms with Gasteiger partial charge in [0.1, 0.15) is 29.4 Å². The van der Waals surface area contributed by atoms with E-state index in [1.54, 1.807) is 0 Å². The maximum absolute atomic E-state index is 6.02. The summed E-state index contributed by atoms with van der Waals surface area (Å²) in [6.45, 7) is 2.05. The third-order valence-electron chi connectivity index (χ3n) is 4.22. The van der Waals surface area contributed by atoms with E-state index in [1.165, 1.54) is 15.9 Å². The Morgan fingerprint density at radius 1 is 0.652 bits per heavy atom. The second-order valence-electron chi connectivity index (χ2n) is 5.70. The summed E-state index contributed by atoms with van der Waals surface area (Å²) in [5.74, 6) is 4.30. The first-order chi connectivity index (χ1) is 11.3. The van der Waals surface area contributed by atoms with Crippen molar-refractivity contribution in [1.82, 2.24) is 0 Å². The summed E-state index contributed by atoms with van der Waals surface area (Å²) in [4.78, 5) is 0. The highest BCUT2D eigenvalue weighted by Crippen LogP contribution is 2.61. The summed E-state index contributed by atoms with van der Waals surface area (Å²) < 4.78 is 6.02. The van der Waals surface area contributed by atoms with E-state index < -0.39 is 7.26 Å². The van der Waals surface area contributed by atoms with Crippen molar-refractivity contribution in [3.05, 3.63) is 96.5 Å². The zero-order valence-corrected chi connectivity index (χ0v) is 13.9. The molecule has 0 radical (unpaired) electrons. The summed E-state index contributed by atoms with van der Waals surface area (Å²) in [5.41, 5.74) is 0. The van der Waals surface area contributed by atoms with Crippen molar-refractivity contribution >= 4 is 23.2 Å². The van der Waals surface area contributed by atoms with Gasteiger partial charge in [-0.1, -0.05) is 48.5 Å². The van der Waals surface area contributed by atoms with Gasteiger partial charge in [0.2, 0.25) is 0 Å². The van der Waals surface area contributed by atoms with Gasteiger partial charge in [-0.25, -0.2) is 0 Å². The molecule has 0 aromatic heterocycles. The lowest BCUT2D eigenvalue weighted by molar-refractivity contribution is 0.430. The topological polar surface area (TPSA) is 9.23 Å². The summed E-state index contributed by atoms with van der Waals surface area (Å²) in [6.07, 6.45) is 0. The number of ether oxygens (including phenoxy) is 1. The minimum absolute atomic E-state index is 0.977. The Bertz CT molecular complexity index is 814. The molecule has 112 valence electrons. The van der Waals surface area contributed by atoms with Crippen LogP contribution in [0.1, 0.15) is 6.92 Å². The third kappa shape index (κ3) is 2.29. The van der Waals surface area contributed by atoms with Crippen molar-refractivity contribution in [1.29, 1.82) is 0 Å². The molecule has 23 heavy (non-hydrogen) atoms. The summed E-state index contributed by atoms with van der Waals surface area (Å²) >= 11 is 0. The lowest BCUT2D eigenvalue weighted by atomic mass is 10.3. The molecule has 3 aromatic rings. The van der Waals surface area contributed by atoms with E-state index in [9.17, 15) is 0 Å². The molecule has 0 saturated carbocycles. The summed E-state index contributed by atoms with van der Waals surface area (Å²) in [5, 5.41) is 4.02. The molecular weight excluding hydrogens is 299 g/mol. The molecule has 3 aromatic carbocycles. The molecule has 0 amide bonds. The molecule has 2 heteroatoms. The van der Waals surface area contributed by atoms with Crippen LogP contribution in [0.5, 0.6) is 5.75 Å². The Morgan fingerprint density at radius 3 is 1.78 bits per heavy atom. The quantitative estimate of drug-likeness (QED) is 0.643. The largest absolute Gasteiger partial charge is 0.454 e. The van der Waals surface area contributed by atoms with Crippen molar-refractivity contribution in [2.45, 2.75) is 6.92 Å². The van der Waals surface area contributed by atoms with Crippen LogP contribution in [-0.2, 0) is 0 Å². The molecule has 1 aliphatic heterocycles. The highest BCUT2D eigenvalue weighted by Gasteiger charge is 2.48. The molecule has 0 bridgehead atoms. The number of para-hydroxylation sites is 1. The molecule has 1 nitrogen and oxygen atoms in total. The molecule has 0 unspecified atom stereocenters. The number of allylic oxidation sites excluding steroid dienone is 1. The molecule has 1 heterocycles. The van der Waals surface area contributed by atoms with Crippen LogP contribution in [0.15, 0.2) is 96.5 Å². The molecule has 0 saturated heterocycles. The molecule has 0 N–H and O–H groups in total. The fraction of sp³-hybridized carbons (Fsp3) is 0.0476. The summed E-state index contributed by atoms with van der Waals surface area (Å²) in [7, 11) is -1.83. The van der Waals surface area contributed by atoms with Gasteiger partial charge in [-0.15, -0.1) is 0 Å². The smallest absolute Gasteiger partial charge is 0.170 e. The van der Waals surface area contributed by atoms with Crippen LogP contribution in [0, 0.1) is 0 Å². The van der Waals surface area contributed by atoms with Gasteiger partial charge in [0.15, 0.2) is 11.1 Å². The Labute approximate surface area is 137 Å². The normalized spacial score (nSPS) is 15.3. The van der Waals surface area contributed by atoms with Gasteiger partial charge in [-0.2, -0.15) is 0 Å². The van der Waals surface area contributed by atoms with Crippen molar-refractivity contribution in [3.8, 4) is 5.75 Å². The number of benzene rings is 3. The van der Waals surface area contributed by atoms with Gasteiger partial charge < -0.3 is 4.74 Å². The molecular formula is C21H18OP+. The molecule has 0 fully saturated rings. The minimum Gasteiger partial charge on any atom is -0.454 e. The van der Waals surface area contributed by atoms with Crippen molar-refractivity contribution in [3.63, 3.8) is 0 Å². The maximum atomic E-state index is 6.02. The first-order valence-corrected chi connectivity index (χ1v) is 9.63. The maximum Gasteiger partial charge on any atom is 0.170 e. The molecule has 1 aliphatic rings. The van der Waals surface area contributed by atoms with Gasteiger partial charge in [0.05, 0.1) is 0 Å². The van der Waals surface area contributed by atoms with Crippen LogP contribution in [0.3, 0.4) is 0 Å². The zero-order valence-electron chi connectivity index (χ0n) is 13.0. The van der Waals surface area contributed by atoms with Crippen LogP contribution in [-0.4, -0.2) is 0 Å². The molecule has 0 aliphatic carbocycles. The average molecular weight is 317 g/mol. The Morgan fingerprint density at radius 2 is 1.17 bits per heavy atom. The van der Waals surface area contributed by atoms with Crippen molar-refractivity contribution < 1.29 is 4.74 Å². The number of rotatable bonds is 2. The van der Waals surface area contributed by atoms with Crippen LogP contribution in [0.2, 0.25) is 0 Å². The van der Waals surface area contributed by atoms with Gasteiger partial charge in [-0.05, 0) is 43.3 Å². The lowest BCUT2D eigenvalue weighted by Gasteiger charge is -2.29. The third-order valence-corrected chi connectivity index (χ3v) is 8.32. The first-order valence-electron chi connectivity index (χ1n) is 7.77. The monoisotopic (exact) mass is 317 g/mol. The lowest BCUT2D eigenvalue weighted by Crippen LogP contribution is -2.33. The van der Waals surface area contributed by atoms with Gasteiger partial charge in [0.25, 0.3) is 0 Å². The fourth-order valence-corrected chi connectivity index (χ4v) is 7.24. The number of hydrogen-bond donors (Lipinski definition) is 0. The van der Waals surface area contributed by atoms with E-state index in [0.29, 0.717) is 0 Å². The standard InChI is InChI=1S/C21H18OP/c1-17-16-23(18-10-4-2-5-11-18,19-12-6-3-7-13-19)21-15-9-8-14-20(21)22-17/h2-16H,1H3/q+1. The summed E-state index contributed by atoms with van der Waals surface area (Å²) in [6, 6.07) is 30.1. The van der Waals surface area contributed by atoms with E-state index in [-0.39, 0.29) is 0 Å². The fourth-order valence-electron chi connectivity index (χ4n) is 3.28. The number of fused-ring (bicyclic) bond motifs is 1. The Hall–Kier alpha value is -2.37. The SMILES string of the molecule is CC1=C[P+](c2ccccc2)(c2ccccc2)c2ccccc2O1. The predicted molar refractivity (Wildman–Crippen MR) is 99.5 cm³/mol. The molecule has 4 rings (SSSR count). The first kappa shape index (κ1) is 14.2. The van der Waals surface area contributed by atoms with E-state index in [0.717, 1.165) is 11.5 Å². The van der Waals surface area contributed by atoms with Crippen LogP contribution < -0.4 is 20.7 Å². The van der Waals surface area contributed by atoms with Crippen molar-refractivity contribution in [2.24, 2.45) is 0 Å². The molecule has 0 spiro atoms. The van der Waals surface area contributed by atoms with Gasteiger partial charge in [-0.3, -0.25) is 0 Å². The van der Waals surface area contributed by atoms with E-state index in [1.807, 2.05) is 6.07 Å². The number of hydrogen-bond acceptors (Lipinski definition) is 1. The van der Waals surface area contributed by atoms with Gasteiger partial charge in [0, 0.05) is 0 Å². The van der Waals surface area contributed by atoms with Crippen LogP contribution in [0.25, 0.3) is 0 Å². The average Bonchev–Trinajstić information content (AvgIpc) is 2.62. The Kier molecular flexibility index (Phi) is 3.52. The highest BCUT2D eigenvalue weighted by atomic mass is 31.2. The predicted octanol–water partition coefficient (Wildman–Crippen LogP) is 4.23. The highest BCUT2D eigenvalue weighted by molar-refractivity contribution is 7.98.